The Labute approximate surface area is 96.8 Å². The van der Waals surface area contributed by atoms with E-state index in [1.807, 2.05) is 0 Å². The van der Waals surface area contributed by atoms with Crippen molar-refractivity contribution in [2.75, 3.05) is 6.61 Å². The van der Waals surface area contributed by atoms with Crippen molar-refractivity contribution in [3.05, 3.63) is 35.4 Å². The van der Waals surface area contributed by atoms with E-state index < -0.39 is 36.6 Å². The van der Waals surface area contributed by atoms with Crippen LogP contribution in [0, 0.1) is 11.6 Å². The summed E-state index contributed by atoms with van der Waals surface area (Å²) in [6, 6.07) is 2.86. The third kappa shape index (κ3) is 3.71. The summed E-state index contributed by atoms with van der Waals surface area (Å²) in [6.45, 7) is -0.647. The lowest BCUT2D eigenvalue weighted by Gasteiger charge is -2.19. The summed E-state index contributed by atoms with van der Waals surface area (Å²) >= 11 is 0. The SMILES string of the molecule is OCC(O)C(O)CC(O)c1ccc(F)c(F)c1. The lowest BCUT2D eigenvalue weighted by atomic mass is 10.0. The second-order valence-electron chi connectivity index (χ2n) is 3.74. The third-order valence-corrected chi connectivity index (χ3v) is 2.42. The highest BCUT2D eigenvalue weighted by molar-refractivity contribution is 5.20. The third-order valence-electron chi connectivity index (χ3n) is 2.42. The van der Waals surface area contributed by atoms with E-state index in [9.17, 15) is 19.0 Å². The largest absolute Gasteiger partial charge is 0.394 e. The molecule has 0 aliphatic heterocycles. The number of aliphatic hydroxyl groups excluding tert-OH is 4. The van der Waals surface area contributed by atoms with Crippen LogP contribution in [-0.2, 0) is 0 Å². The number of rotatable bonds is 5. The Hall–Kier alpha value is -1.08. The van der Waals surface area contributed by atoms with Gasteiger partial charge in [0.1, 0.15) is 6.10 Å². The fourth-order valence-corrected chi connectivity index (χ4v) is 1.36. The Kier molecular flexibility index (Phi) is 4.95. The van der Waals surface area contributed by atoms with E-state index in [-0.39, 0.29) is 12.0 Å². The molecule has 4 N–H and O–H groups in total. The topological polar surface area (TPSA) is 80.9 Å². The van der Waals surface area contributed by atoms with Gasteiger partial charge in [0.05, 0.1) is 18.8 Å². The van der Waals surface area contributed by atoms with Crippen LogP contribution < -0.4 is 0 Å². The van der Waals surface area contributed by atoms with Crippen LogP contribution in [-0.4, -0.2) is 39.2 Å². The zero-order chi connectivity index (χ0) is 13.0. The number of benzene rings is 1. The number of aliphatic hydroxyl groups is 4. The predicted octanol–water partition coefficient (Wildman–Crippen LogP) is 0.102. The minimum Gasteiger partial charge on any atom is -0.394 e. The van der Waals surface area contributed by atoms with E-state index in [4.69, 9.17) is 10.2 Å². The molecule has 0 fully saturated rings. The fourth-order valence-electron chi connectivity index (χ4n) is 1.36. The van der Waals surface area contributed by atoms with Crippen molar-refractivity contribution in [3.63, 3.8) is 0 Å². The highest BCUT2D eigenvalue weighted by Crippen LogP contribution is 2.21. The predicted molar refractivity (Wildman–Crippen MR) is 55.0 cm³/mol. The molecule has 0 aliphatic carbocycles. The summed E-state index contributed by atoms with van der Waals surface area (Å²) in [4.78, 5) is 0. The van der Waals surface area contributed by atoms with E-state index in [1.165, 1.54) is 6.07 Å². The summed E-state index contributed by atoms with van der Waals surface area (Å²) in [5.74, 6) is -2.13. The molecule has 1 aromatic carbocycles. The van der Waals surface area contributed by atoms with E-state index >= 15 is 0 Å². The summed E-state index contributed by atoms with van der Waals surface area (Å²) in [5.41, 5.74) is 0.0908. The maximum atomic E-state index is 12.9. The van der Waals surface area contributed by atoms with Gasteiger partial charge in [-0.1, -0.05) is 6.07 Å². The molecule has 3 atom stereocenters. The van der Waals surface area contributed by atoms with Crippen molar-refractivity contribution in [3.8, 4) is 0 Å². The maximum absolute atomic E-state index is 12.9. The lowest BCUT2D eigenvalue weighted by molar-refractivity contribution is -0.0368. The molecule has 17 heavy (non-hydrogen) atoms. The molecular formula is C11H14F2O4. The molecule has 1 aromatic rings. The van der Waals surface area contributed by atoms with Crippen molar-refractivity contribution >= 4 is 0 Å². The van der Waals surface area contributed by atoms with Gasteiger partial charge in [-0.3, -0.25) is 0 Å². The van der Waals surface area contributed by atoms with E-state index in [0.29, 0.717) is 0 Å². The summed E-state index contributed by atoms with van der Waals surface area (Å²) in [7, 11) is 0. The van der Waals surface area contributed by atoms with E-state index in [1.54, 1.807) is 0 Å². The van der Waals surface area contributed by atoms with Crippen molar-refractivity contribution in [2.24, 2.45) is 0 Å². The second kappa shape index (κ2) is 6.02. The summed E-state index contributed by atoms with van der Waals surface area (Å²) in [6.07, 6.45) is -4.26. The molecule has 4 nitrogen and oxygen atoms in total. The lowest BCUT2D eigenvalue weighted by Crippen LogP contribution is -2.30. The number of hydrogen-bond acceptors (Lipinski definition) is 4. The van der Waals surface area contributed by atoms with Gasteiger partial charge in [0.15, 0.2) is 11.6 Å². The van der Waals surface area contributed by atoms with Crippen molar-refractivity contribution in [1.29, 1.82) is 0 Å². The van der Waals surface area contributed by atoms with Gasteiger partial charge in [0, 0.05) is 6.42 Å². The maximum Gasteiger partial charge on any atom is 0.159 e. The summed E-state index contributed by atoms with van der Waals surface area (Å²) < 4.78 is 25.5. The van der Waals surface area contributed by atoms with Crippen LogP contribution in [0.2, 0.25) is 0 Å². The van der Waals surface area contributed by atoms with Crippen LogP contribution in [0.3, 0.4) is 0 Å². The van der Waals surface area contributed by atoms with E-state index in [0.717, 1.165) is 12.1 Å². The van der Waals surface area contributed by atoms with Crippen LogP contribution >= 0.6 is 0 Å². The first kappa shape index (κ1) is 14.0. The molecule has 6 heteroatoms. The van der Waals surface area contributed by atoms with Crippen LogP contribution in [0.4, 0.5) is 8.78 Å². The molecule has 96 valence electrons. The molecule has 1 rings (SSSR count). The van der Waals surface area contributed by atoms with E-state index in [2.05, 4.69) is 0 Å². The fraction of sp³-hybridized carbons (Fsp3) is 0.455. The average molecular weight is 248 g/mol. The minimum absolute atomic E-state index is 0.0908. The molecule has 0 radical (unpaired) electrons. The Morgan fingerprint density at radius 3 is 2.18 bits per heavy atom. The molecule has 0 saturated heterocycles. The van der Waals surface area contributed by atoms with Gasteiger partial charge in [-0.25, -0.2) is 8.78 Å². The molecule has 0 saturated carbocycles. The van der Waals surface area contributed by atoms with Gasteiger partial charge < -0.3 is 20.4 Å². The first-order chi connectivity index (χ1) is 7.95. The average Bonchev–Trinajstić information content (AvgIpc) is 2.31. The van der Waals surface area contributed by atoms with Gasteiger partial charge in [0.25, 0.3) is 0 Å². The minimum atomic E-state index is -1.38. The molecule has 3 unspecified atom stereocenters. The molecule has 0 aromatic heterocycles. The normalized spacial score (nSPS) is 16.6. The first-order valence-corrected chi connectivity index (χ1v) is 5.05. The zero-order valence-corrected chi connectivity index (χ0v) is 8.92. The molecule has 0 heterocycles. The van der Waals surface area contributed by atoms with Crippen LogP contribution in [0.15, 0.2) is 18.2 Å². The highest BCUT2D eigenvalue weighted by Gasteiger charge is 2.21. The highest BCUT2D eigenvalue weighted by atomic mass is 19.2. The first-order valence-electron chi connectivity index (χ1n) is 5.05. The van der Waals surface area contributed by atoms with Crippen molar-refractivity contribution in [1.82, 2.24) is 0 Å². The Balaban J connectivity index is 2.69. The number of halogens is 2. The van der Waals surface area contributed by atoms with Crippen LogP contribution in [0.5, 0.6) is 0 Å². The second-order valence-corrected chi connectivity index (χ2v) is 3.74. The number of hydrogen-bond donors (Lipinski definition) is 4. The van der Waals surface area contributed by atoms with Gasteiger partial charge in [-0.2, -0.15) is 0 Å². The van der Waals surface area contributed by atoms with Crippen LogP contribution in [0.1, 0.15) is 18.1 Å². The zero-order valence-electron chi connectivity index (χ0n) is 8.92. The van der Waals surface area contributed by atoms with Gasteiger partial charge in [0.2, 0.25) is 0 Å². The monoisotopic (exact) mass is 248 g/mol. The van der Waals surface area contributed by atoms with Crippen molar-refractivity contribution in [2.45, 2.75) is 24.7 Å². The van der Waals surface area contributed by atoms with Gasteiger partial charge in [-0.15, -0.1) is 0 Å². The molecule has 0 aliphatic rings. The Morgan fingerprint density at radius 1 is 1.00 bits per heavy atom. The Morgan fingerprint density at radius 2 is 1.65 bits per heavy atom. The van der Waals surface area contributed by atoms with Crippen molar-refractivity contribution < 1.29 is 29.2 Å². The molecule has 0 spiro atoms. The molecular weight excluding hydrogens is 234 g/mol. The standard InChI is InChI=1S/C11H14F2O4/c12-7-2-1-6(3-8(7)13)9(15)4-10(16)11(17)5-14/h1-3,9-11,14-17H,4-5H2. The molecule has 0 amide bonds. The summed E-state index contributed by atoms with van der Waals surface area (Å²) in [5, 5.41) is 36.6. The van der Waals surface area contributed by atoms with Gasteiger partial charge in [-0.05, 0) is 17.7 Å². The molecule has 0 bridgehead atoms. The quantitative estimate of drug-likeness (QED) is 0.596. The van der Waals surface area contributed by atoms with Crippen LogP contribution in [0.25, 0.3) is 0 Å². The Bertz CT molecular complexity index is 372. The smallest absolute Gasteiger partial charge is 0.159 e. The van der Waals surface area contributed by atoms with Gasteiger partial charge >= 0.3 is 0 Å².